The molecule has 3 aliphatic carbocycles. The predicted molar refractivity (Wildman–Crippen MR) is 155 cm³/mol. The maximum Gasteiger partial charge on any atom is 0.341 e. The van der Waals surface area contributed by atoms with Crippen molar-refractivity contribution in [1.29, 1.82) is 0 Å². The van der Waals surface area contributed by atoms with Gasteiger partial charge in [-0.05, 0) is 39.1 Å². The molecule has 1 heterocycles. The number of phenols is 1. The predicted octanol–water partition coefficient (Wildman–Crippen LogP) is -1.56. The van der Waals surface area contributed by atoms with Gasteiger partial charge in [-0.1, -0.05) is 12.1 Å². The molecule has 1 fully saturated rings. The molecule has 45 heavy (non-hydrogen) atoms. The number of β-amino-alcohol motifs (C(OH)–C–C–N with tert-alkyl or cyclic N) is 1. The van der Waals surface area contributed by atoms with Gasteiger partial charge in [0.25, 0.3) is 5.91 Å². The summed E-state index contributed by atoms with van der Waals surface area (Å²) in [6.07, 6.45) is -1.92. The number of aliphatic hydroxyl groups is 5. The fraction of sp³-hybridized carbons (Fsp3) is 0.533. The van der Waals surface area contributed by atoms with E-state index in [1.165, 1.54) is 49.0 Å². The van der Waals surface area contributed by atoms with Crippen molar-refractivity contribution in [2.75, 3.05) is 53.4 Å². The van der Waals surface area contributed by atoms with Crippen LogP contribution in [0.1, 0.15) is 29.3 Å². The highest BCUT2D eigenvalue weighted by molar-refractivity contribution is 6.25. The molecule has 4 aliphatic rings. The molecule has 6 atom stereocenters. The zero-order chi connectivity index (χ0) is 33.2. The summed E-state index contributed by atoms with van der Waals surface area (Å²) in [6, 6.07) is 2.81. The molecule has 1 aromatic rings. The van der Waals surface area contributed by atoms with Crippen LogP contribution in [0.3, 0.4) is 0 Å². The van der Waals surface area contributed by atoms with Crippen LogP contribution in [0.25, 0.3) is 0 Å². The van der Waals surface area contributed by atoms with E-state index in [-0.39, 0.29) is 37.2 Å². The molecule has 0 radical (unpaired) electrons. The first-order valence-electron chi connectivity index (χ1n) is 14.6. The van der Waals surface area contributed by atoms with E-state index >= 15 is 0 Å². The van der Waals surface area contributed by atoms with Gasteiger partial charge in [-0.25, -0.2) is 4.79 Å². The minimum absolute atomic E-state index is 0.0772. The number of carbonyl (C=O) groups is 4. The van der Waals surface area contributed by atoms with Crippen LogP contribution >= 0.6 is 0 Å². The van der Waals surface area contributed by atoms with Gasteiger partial charge in [-0.15, -0.1) is 0 Å². The monoisotopic (exact) mass is 630 g/mol. The van der Waals surface area contributed by atoms with Gasteiger partial charge >= 0.3 is 5.97 Å². The molecular weight excluding hydrogens is 592 g/mol. The number of nitrogens with zero attached hydrogens (tertiary/aromatic N) is 3. The molecule has 0 saturated carbocycles. The lowest BCUT2D eigenvalue weighted by Crippen LogP contribution is -2.66. The number of aliphatic hydroxyl groups excluding tert-OH is 3. The van der Waals surface area contributed by atoms with Crippen LogP contribution in [0.15, 0.2) is 40.9 Å². The summed E-state index contributed by atoms with van der Waals surface area (Å²) in [7, 11) is 2.98. The van der Waals surface area contributed by atoms with E-state index in [0.717, 1.165) is 0 Å². The minimum Gasteiger partial charge on any atom is -0.510 e. The molecule has 3 unspecified atom stereocenters. The van der Waals surface area contributed by atoms with E-state index < -0.39 is 87.1 Å². The Balaban J connectivity index is 1.56. The Hall–Kier alpha value is -3.86. The van der Waals surface area contributed by atoms with Gasteiger partial charge in [-0.2, -0.15) is 0 Å². The third kappa shape index (κ3) is 4.90. The lowest BCUT2D eigenvalue weighted by atomic mass is 9.55. The van der Waals surface area contributed by atoms with Crippen molar-refractivity contribution in [3.05, 3.63) is 52.0 Å². The van der Waals surface area contributed by atoms with Gasteiger partial charge in [0.15, 0.2) is 17.6 Å². The second kappa shape index (κ2) is 11.5. The number of carbonyl (C=O) groups excluding carboxylic acids is 3. The maximum atomic E-state index is 14.1. The first kappa shape index (κ1) is 32.5. The molecule has 1 aromatic carbocycles. The van der Waals surface area contributed by atoms with Crippen molar-refractivity contribution in [1.82, 2.24) is 20.0 Å². The van der Waals surface area contributed by atoms with Gasteiger partial charge in [0.1, 0.15) is 22.8 Å². The van der Waals surface area contributed by atoms with Crippen molar-refractivity contribution in [2.45, 2.75) is 36.8 Å². The number of likely N-dealkylation sites (N-methyl/N-ethyl adjacent to an activating group) is 1. The van der Waals surface area contributed by atoms with Crippen LogP contribution in [0, 0.1) is 11.8 Å². The summed E-state index contributed by atoms with van der Waals surface area (Å²) < 4.78 is 0. The molecule has 0 bridgehead atoms. The Morgan fingerprint density at radius 1 is 1.09 bits per heavy atom. The van der Waals surface area contributed by atoms with Gasteiger partial charge in [0.2, 0.25) is 5.78 Å². The molecule has 1 amide bonds. The van der Waals surface area contributed by atoms with Crippen LogP contribution < -0.4 is 5.32 Å². The summed E-state index contributed by atoms with van der Waals surface area (Å²) in [5.41, 5.74) is -6.51. The topological polar surface area (TPSA) is 232 Å². The van der Waals surface area contributed by atoms with E-state index in [9.17, 15) is 54.9 Å². The highest BCUT2D eigenvalue weighted by Gasteiger charge is 2.65. The number of Topliss-reactive ketones (excluding diaryl/α,β-unsaturated/α-hetero) is 2. The number of carboxylic acids is 1. The van der Waals surface area contributed by atoms with Crippen molar-refractivity contribution in [3.8, 4) is 5.75 Å². The molecule has 8 N–H and O–H groups in total. The van der Waals surface area contributed by atoms with E-state index in [4.69, 9.17) is 0 Å². The minimum atomic E-state index is -2.93. The Kier molecular flexibility index (Phi) is 8.31. The Labute approximate surface area is 258 Å². The van der Waals surface area contributed by atoms with Crippen LogP contribution in [0.2, 0.25) is 0 Å². The number of carboxylic acid groups (broad SMARTS) is 1. The number of fused-ring (bicyclic) bond motifs is 3. The molecule has 244 valence electrons. The van der Waals surface area contributed by atoms with Crippen molar-refractivity contribution in [2.24, 2.45) is 11.8 Å². The van der Waals surface area contributed by atoms with E-state index in [0.29, 0.717) is 19.6 Å². The standard InChI is InChI=1S/C30H38N4O11/c1-29(44)14-5-4-6-17(36)18(14)22(37)19-15(29)13-16-21(32(2)3)23(38)20(25(40)30(16,45)24(19)39)27(41)31-26(28(42)43)34-9-7-33(8-10-34)11-12-35/h4-6,15-16,21,26,35-36,38-39,44-45H,7-13H2,1-3H3,(H,31,41)(H,42,43)/t15?,16?,21-,26?,29+,30-/m1/s1. The van der Waals surface area contributed by atoms with Crippen molar-refractivity contribution in [3.63, 3.8) is 0 Å². The SMILES string of the molecule is CN(C)[C@H]1C(O)=C(C(=O)NC(C(=O)O)N2CCN(CCO)CC2)C(=O)[C@]2(O)C(O)=C3C(=O)c4c(O)cccc4[C@](C)(O)C3CC12. The molecule has 1 aliphatic heterocycles. The van der Waals surface area contributed by atoms with E-state index in [1.54, 1.807) is 0 Å². The van der Waals surface area contributed by atoms with Crippen molar-refractivity contribution < 1.29 is 54.9 Å². The molecule has 15 heteroatoms. The number of aliphatic carboxylic acids is 1. The summed E-state index contributed by atoms with van der Waals surface area (Å²) in [5, 5.41) is 78.6. The summed E-state index contributed by atoms with van der Waals surface area (Å²) in [5.74, 6) is -10.0. The van der Waals surface area contributed by atoms with E-state index in [1.807, 2.05) is 4.90 Å². The highest BCUT2D eigenvalue weighted by atomic mass is 16.4. The smallest absolute Gasteiger partial charge is 0.341 e. The molecule has 1 saturated heterocycles. The van der Waals surface area contributed by atoms with Gasteiger partial charge < -0.3 is 41.1 Å². The number of amides is 1. The number of rotatable bonds is 7. The van der Waals surface area contributed by atoms with Crippen LogP contribution in [-0.2, 0) is 20.0 Å². The number of nitrogens with one attached hydrogen (secondary N) is 1. The third-order valence-electron chi connectivity index (χ3n) is 9.69. The summed E-state index contributed by atoms with van der Waals surface area (Å²) in [6.45, 7) is 2.89. The quantitative estimate of drug-likeness (QED) is 0.159. The third-order valence-corrected chi connectivity index (χ3v) is 9.69. The normalized spacial score (nSPS) is 31.4. The summed E-state index contributed by atoms with van der Waals surface area (Å²) in [4.78, 5) is 58.4. The Morgan fingerprint density at radius 2 is 1.73 bits per heavy atom. The molecule has 5 rings (SSSR count). The zero-order valence-electron chi connectivity index (χ0n) is 25.1. The van der Waals surface area contributed by atoms with Gasteiger partial charge in [0, 0.05) is 50.1 Å². The number of phenolic OH excluding ortho intramolecular Hbond substituents is 1. The summed E-state index contributed by atoms with van der Waals surface area (Å²) >= 11 is 0. The van der Waals surface area contributed by atoms with Crippen molar-refractivity contribution >= 4 is 23.4 Å². The second-order valence-corrected chi connectivity index (χ2v) is 12.4. The molecule has 0 aromatic heterocycles. The lowest BCUT2D eigenvalue weighted by molar-refractivity contribution is -0.154. The average Bonchev–Trinajstić information content (AvgIpc) is 2.97. The average molecular weight is 631 g/mol. The van der Waals surface area contributed by atoms with Gasteiger partial charge in [-0.3, -0.25) is 29.1 Å². The maximum absolute atomic E-state index is 14.1. The first-order chi connectivity index (χ1) is 21.1. The van der Waals surface area contributed by atoms with E-state index in [2.05, 4.69) is 5.32 Å². The number of aromatic hydroxyl groups is 1. The highest BCUT2D eigenvalue weighted by Crippen LogP contribution is 2.56. The molecule has 15 nitrogen and oxygen atoms in total. The Bertz CT molecular complexity index is 1510. The number of benzene rings is 1. The fourth-order valence-electron chi connectivity index (χ4n) is 7.38. The van der Waals surface area contributed by atoms with Gasteiger partial charge in [0.05, 0.1) is 23.8 Å². The number of hydrogen-bond donors (Lipinski definition) is 8. The largest absolute Gasteiger partial charge is 0.510 e. The van der Waals surface area contributed by atoms with Crippen LogP contribution in [0.5, 0.6) is 5.75 Å². The van der Waals surface area contributed by atoms with Crippen LogP contribution in [0.4, 0.5) is 0 Å². The molecule has 0 spiro atoms. The number of ketones is 2. The fourth-order valence-corrected chi connectivity index (χ4v) is 7.38. The van der Waals surface area contributed by atoms with Crippen LogP contribution in [-0.4, -0.2) is 145 Å². The lowest BCUT2D eigenvalue weighted by Gasteiger charge is -2.52. The first-order valence-corrected chi connectivity index (χ1v) is 14.6. The molecular formula is C30H38N4O11. The Morgan fingerprint density at radius 3 is 2.31 bits per heavy atom. The second-order valence-electron chi connectivity index (χ2n) is 12.4. The number of piperazine rings is 1. The number of hydrogen-bond acceptors (Lipinski definition) is 13. The zero-order valence-corrected chi connectivity index (χ0v) is 25.1.